The Balaban J connectivity index is 2.13. The van der Waals surface area contributed by atoms with Gasteiger partial charge in [-0.1, -0.05) is 43.2 Å². The lowest BCUT2D eigenvalue weighted by molar-refractivity contribution is 0.497. The fraction of sp³-hybridized carbons (Fsp3) is 0.375. The first-order valence-electron chi connectivity index (χ1n) is 6.67. The van der Waals surface area contributed by atoms with Crippen molar-refractivity contribution in [3.05, 3.63) is 59.7 Å². The second kappa shape index (κ2) is 4.52. The molecule has 1 saturated carbocycles. The van der Waals surface area contributed by atoms with Crippen LogP contribution in [0.2, 0.25) is 0 Å². The van der Waals surface area contributed by atoms with Gasteiger partial charge in [0.1, 0.15) is 5.82 Å². The Hall–Kier alpha value is -1.70. The topological polar surface area (TPSA) is 25.8 Å². The van der Waals surface area contributed by atoms with Crippen LogP contribution in [0.25, 0.3) is 0 Å². The summed E-state index contributed by atoms with van der Waals surface area (Å²) in [4.78, 5) is 9.25. The summed E-state index contributed by atoms with van der Waals surface area (Å²) in [7, 11) is 0. The van der Waals surface area contributed by atoms with Crippen molar-refractivity contribution in [2.45, 2.75) is 38.0 Å². The SMILES string of the molecule is Cc1ccnc(C2(c3ccccc3)CCCC2)n1. The van der Waals surface area contributed by atoms with Gasteiger partial charge in [-0.2, -0.15) is 0 Å². The molecule has 1 aromatic heterocycles. The van der Waals surface area contributed by atoms with Crippen LogP contribution in [0.3, 0.4) is 0 Å². The first kappa shape index (κ1) is 11.4. The van der Waals surface area contributed by atoms with Gasteiger partial charge in [-0.3, -0.25) is 0 Å². The van der Waals surface area contributed by atoms with E-state index in [4.69, 9.17) is 4.98 Å². The molecule has 1 aromatic carbocycles. The molecule has 1 fully saturated rings. The van der Waals surface area contributed by atoms with Crippen LogP contribution in [0.1, 0.15) is 42.8 Å². The van der Waals surface area contributed by atoms with E-state index in [9.17, 15) is 0 Å². The van der Waals surface area contributed by atoms with Gasteiger partial charge in [0.05, 0.1) is 5.41 Å². The quantitative estimate of drug-likeness (QED) is 0.798. The van der Waals surface area contributed by atoms with E-state index in [1.54, 1.807) is 0 Å². The summed E-state index contributed by atoms with van der Waals surface area (Å²) in [5, 5.41) is 0. The molecule has 1 aliphatic rings. The maximum absolute atomic E-state index is 4.69. The molecule has 0 saturated heterocycles. The normalized spacial score (nSPS) is 17.8. The van der Waals surface area contributed by atoms with Gasteiger partial charge in [-0.25, -0.2) is 9.97 Å². The Bertz CT molecular complexity index is 528. The van der Waals surface area contributed by atoms with Crippen molar-refractivity contribution in [3.63, 3.8) is 0 Å². The molecule has 0 aliphatic heterocycles. The highest BCUT2D eigenvalue weighted by molar-refractivity contribution is 5.34. The molecule has 1 heterocycles. The molecule has 0 radical (unpaired) electrons. The molecule has 0 bridgehead atoms. The minimum atomic E-state index is 0.0489. The van der Waals surface area contributed by atoms with Crippen LogP contribution < -0.4 is 0 Å². The standard InChI is InChI=1S/C16H18N2/c1-13-9-12-17-15(18-13)16(10-5-6-11-16)14-7-3-2-4-8-14/h2-4,7-9,12H,5-6,10-11H2,1H3. The maximum atomic E-state index is 4.69. The minimum Gasteiger partial charge on any atom is -0.240 e. The van der Waals surface area contributed by atoms with E-state index in [1.807, 2.05) is 19.2 Å². The number of rotatable bonds is 2. The second-order valence-electron chi connectivity index (χ2n) is 5.18. The monoisotopic (exact) mass is 238 g/mol. The largest absolute Gasteiger partial charge is 0.240 e. The first-order valence-corrected chi connectivity index (χ1v) is 6.67. The van der Waals surface area contributed by atoms with Crippen molar-refractivity contribution >= 4 is 0 Å². The summed E-state index contributed by atoms with van der Waals surface area (Å²) >= 11 is 0. The molecule has 3 rings (SSSR count). The van der Waals surface area contributed by atoms with Crippen LogP contribution in [-0.4, -0.2) is 9.97 Å². The zero-order valence-corrected chi connectivity index (χ0v) is 10.8. The highest BCUT2D eigenvalue weighted by Crippen LogP contribution is 2.44. The van der Waals surface area contributed by atoms with Gasteiger partial charge in [0.15, 0.2) is 0 Å². The Labute approximate surface area is 108 Å². The van der Waals surface area contributed by atoms with E-state index in [-0.39, 0.29) is 5.41 Å². The molecule has 2 heteroatoms. The van der Waals surface area contributed by atoms with Crippen LogP contribution in [0.15, 0.2) is 42.6 Å². The summed E-state index contributed by atoms with van der Waals surface area (Å²) in [5.74, 6) is 1.01. The zero-order chi connectivity index (χ0) is 12.4. The average molecular weight is 238 g/mol. The Kier molecular flexibility index (Phi) is 2.86. The van der Waals surface area contributed by atoms with Crippen molar-refractivity contribution in [1.82, 2.24) is 9.97 Å². The van der Waals surface area contributed by atoms with Crippen LogP contribution in [0, 0.1) is 6.92 Å². The molecule has 18 heavy (non-hydrogen) atoms. The molecular formula is C16H18N2. The zero-order valence-electron chi connectivity index (χ0n) is 10.8. The lowest BCUT2D eigenvalue weighted by Crippen LogP contribution is -2.26. The van der Waals surface area contributed by atoms with Crippen LogP contribution in [-0.2, 0) is 5.41 Å². The van der Waals surface area contributed by atoms with E-state index in [0.29, 0.717) is 0 Å². The number of hydrogen-bond acceptors (Lipinski definition) is 2. The maximum Gasteiger partial charge on any atom is 0.139 e. The van der Waals surface area contributed by atoms with Crippen molar-refractivity contribution in [3.8, 4) is 0 Å². The fourth-order valence-corrected chi connectivity index (χ4v) is 3.06. The summed E-state index contributed by atoms with van der Waals surface area (Å²) < 4.78 is 0. The number of benzene rings is 1. The highest BCUT2D eigenvalue weighted by Gasteiger charge is 2.39. The molecule has 0 spiro atoms. The molecule has 1 aliphatic carbocycles. The molecule has 0 unspecified atom stereocenters. The van der Waals surface area contributed by atoms with Crippen LogP contribution in [0.4, 0.5) is 0 Å². The summed E-state index contributed by atoms with van der Waals surface area (Å²) in [6.45, 7) is 2.04. The number of aryl methyl sites for hydroxylation is 1. The van der Waals surface area contributed by atoms with E-state index < -0.39 is 0 Å². The van der Waals surface area contributed by atoms with Gasteiger partial charge in [-0.15, -0.1) is 0 Å². The van der Waals surface area contributed by atoms with Crippen LogP contribution in [0.5, 0.6) is 0 Å². The number of hydrogen-bond donors (Lipinski definition) is 0. The van der Waals surface area contributed by atoms with Crippen molar-refractivity contribution in [2.75, 3.05) is 0 Å². The summed E-state index contributed by atoms with van der Waals surface area (Å²) in [6.07, 6.45) is 6.76. The number of nitrogens with zero attached hydrogens (tertiary/aromatic N) is 2. The molecular weight excluding hydrogens is 220 g/mol. The van der Waals surface area contributed by atoms with Gasteiger partial charge in [0.2, 0.25) is 0 Å². The van der Waals surface area contributed by atoms with E-state index >= 15 is 0 Å². The molecule has 2 nitrogen and oxygen atoms in total. The lowest BCUT2D eigenvalue weighted by atomic mass is 9.78. The third-order valence-electron chi connectivity index (χ3n) is 4.01. The van der Waals surface area contributed by atoms with Gasteiger partial charge in [-0.05, 0) is 31.4 Å². The third-order valence-corrected chi connectivity index (χ3v) is 4.01. The van der Waals surface area contributed by atoms with Gasteiger partial charge in [0, 0.05) is 11.9 Å². The Morgan fingerprint density at radius 3 is 2.39 bits per heavy atom. The van der Waals surface area contributed by atoms with E-state index in [0.717, 1.165) is 11.5 Å². The first-order chi connectivity index (χ1) is 8.81. The summed E-state index contributed by atoms with van der Waals surface area (Å²) in [6, 6.07) is 12.7. The van der Waals surface area contributed by atoms with Crippen LogP contribution >= 0.6 is 0 Å². The smallest absolute Gasteiger partial charge is 0.139 e. The lowest BCUT2D eigenvalue weighted by Gasteiger charge is -2.28. The Morgan fingerprint density at radius 2 is 1.72 bits per heavy atom. The highest BCUT2D eigenvalue weighted by atomic mass is 14.9. The minimum absolute atomic E-state index is 0.0489. The van der Waals surface area contributed by atoms with Crippen molar-refractivity contribution in [2.24, 2.45) is 0 Å². The van der Waals surface area contributed by atoms with Crippen molar-refractivity contribution in [1.29, 1.82) is 0 Å². The average Bonchev–Trinajstić information content (AvgIpc) is 2.90. The third kappa shape index (κ3) is 1.82. The van der Waals surface area contributed by atoms with Gasteiger partial charge < -0.3 is 0 Å². The van der Waals surface area contributed by atoms with Crippen molar-refractivity contribution < 1.29 is 0 Å². The molecule has 0 amide bonds. The fourth-order valence-electron chi connectivity index (χ4n) is 3.06. The second-order valence-corrected chi connectivity index (χ2v) is 5.18. The predicted octanol–water partition coefficient (Wildman–Crippen LogP) is 3.65. The van der Waals surface area contributed by atoms with Gasteiger partial charge >= 0.3 is 0 Å². The number of aromatic nitrogens is 2. The summed E-state index contributed by atoms with van der Waals surface area (Å²) in [5.41, 5.74) is 2.48. The van der Waals surface area contributed by atoms with Gasteiger partial charge in [0.25, 0.3) is 0 Å². The predicted molar refractivity (Wildman–Crippen MR) is 72.5 cm³/mol. The van der Waals surface area contributed by atoms with E-state index in [2.05, 4.69) is 35.3 Å². The molecule has 0 N–H and O–H groups in total. The molecule has 92 valence electrons. The molecule has 0 atom stereocenters. The molecule has 2 aromatic rings. The van der Waals surface area contributed by atoms with E-state index in [1.165, 1.54) is 31.2 Å². The Morgan fingerprint density at radius 1 is 1.00 bits per heavy atom.